The predicted molar refractivity (Wildman–Crippen MR) is 293 cm³/mol. The van der Waals surface area contributed by atoms with Crippen LogP contribution in [0.4, 0.5) is 0 Å². The number of nitrogens with zero attached hydrogens (tertiary/aromatic N) is 3. The number of benzene rings is 11. The van der Waals surface area contributed by atoms with Crippen molar-refractivity contribution in [2.75, 3.05) is 0 Å². The number of furan rings is 1. The molecule has 0 saturated heterocycles. The van der Waals surface area contributed by atoms with E-state index in [1.807, 2.05) is 53.0 Å². The van der Waals surface area contributed by atoms with Crippen LogP contribution in [0.15, 0.2) is 217 Å². The molecule has 0 saturated carbocycles. The lowest BCUT2D eigenvalue weighted by atomic mass is 9.93. The molecule has 0 fully saturated rings. The van der Waals surface area contributed by atoms with Gasteiger partial charge in [0.1, 0.15) is 11.2 Å². The molecule has 11 aromatic carbocycles. The Labute approximate surface area is 403 Å². The molecule has 69 heavy (non-hydrogen) atoms. The van der Waals surface area contributed by atoms with E-state index in [4.69, 9.17) is 19.4 Å². The van der Waals surface area contributed by atoms with Gasteiger partial charge < -0.3 is 4.42 Å². The molecule has 0 aliphatic carbocycles. The molecular weight excluding hydrogens is 879 g/mol. The summed E-state index contributed by atoms with van der Waals surface area (Å²) in [6, 6.07) is 76.2. The molecule has 0 unspecified atom stereocenters. The van der Waals surface area contributed by atoms with Crippen LogP contribution in [-0.4, -0.2) is 15.0 Å². The molecule has 4 aromatic heterocycles. The lowest BCUT2D eigenvalue weighted by molar-refractivity contribution is 0.669. The third-order valence-corrected chi connectivity index (χ3v) is 16.2. The van der Waals surface area contributed by atoms with Gasteiger partial charge in [-0.15, -0.1) is 22.7 Å². The fraction of sp³-hybridized carbons (Fsp3) is 0. The quantitative estimate of drug-likeness (QED) is 0.161. The first kappa shape index (κ1) is 38.5. The summed E-state index contributed by atoms with van der Waals surface area (Å²) >= 11 is 3.71. The lowest BCUT2D eigenvalue weighted by Gasteiger charge is -2.13. The molecular formula is C63H35N3OS2. The number of aromatic nitrogens is 3. The standard InChI is InChI=1S/C63H35N3OS2/c1-2-12-36(13-3-1)61-64-62(40-25-28-46-44-16-5-4-14-42(44)43-15-6-7-17-45(43)50(46)34-40)66-63(65-61)49-20-10-21-54-59(49)51-33-39(26-30-53(51)67-54)41-19-11-23-57-60(41)52-32-37(27-31-56(52)68-57)38-24-29-48-47-18-8-9-22-55(47)69-58(48)35-38/h1-35H. The molecule has 320 valence electrons. The van der Waals surface area contributed by atoms with Gasteiger partial charge in [0.2, 0.25) is 0 Å². The summed E-state index contributed by atoms with van der Waals surface area (Å²) in [5, 5.41) is 14.4. The second-order valence-electron chi connectivity index (χ2n) is 17.8. The Morgan fingerprint density at radius 1 is 0.261 bits per heavy atom. The van der Waals surface area contributed by atoms with Gasteiger partial charge in [-0.2, -0.15) is 0 Å². The molecule has 4 heterocycles. The van der Waals surface area contributed by atoms with Crippen molar-refractivity contribution >= 4 is 117 Å². The first-order chi connectivity index (χ1) is 34.2. The third kappa shape index (κ3) is 6.03. The molecule has 15 aromatic rings. The number of hydrogen-bond acceptors (Lipinski definition) is 6. The first-order valence-corrected chi connectivity index (χ1v) is 24.8. The molecule has 0 spiro atoms. The number of fused-ring (bicyclic) bond motifs is 15. The normalized spacial score (nSPS) is 12.1. The largest absolute Gasteiger partial charge is 0.456 e. The van der Waals surface area contributed by atoms with Crippen LogP contribution >= 0.6 is 22.7 Å². The predicted octanol–water partition coefficient (Wildman–Crippen LogP) is 18.3. The highest BCUT2D eigenvalue weighted by Gasteiger charge is 2.21. The second kappa shape index (κ2) is 15.0. The number of rotatable bonds is 5. The Kier molecular flexibility index (Phi) is 8.37. The zero-order valence-corrected chi connectivity index (χ0v) is 38.4. The van der Waals surface area contributed by atoms with Crippen LogP contribution in [0.1, 0.15) is 0 Å². The molecule has 0 atom stereocenters. The highest BCUT2D eigenvalue weighted by atomic mass is 32.1. The van der Waals surface area contributed by atoms with E-state index in [2.05, 4.69) is 182 Å². The van der Waals surface area contributed by atoms with Gasteiger partial charge in [-0.05, 0) is 109 Å². The Bertz CT molecular complexity index is 4590. The molecule has 0 aliphatic heterocycles. The van der Waals surface area contributed by atoms with Crippen molar-refractivity contribution in [2.45, 2.75) is 0 Å². The maximum Gasteiger partial charge on any atom is 0.164 e. The summed E-state index contributed by atoms with van der Waals surface area (Å²) in [6.45, 7) is 0. The number of hydrogen-bond donors (Lipinski definition) is 0. The van der Waals surface area contributed by atoms with Gasteiger partial charge in [0, 0.05) is 67.8 Å². The van der Waals surface area contributed by atoms with E-state index in [0.717, 1.165) is 44.2 Å². The van der Waals surface area contributed by atoms with Crippen LogP contribution in [0.25, 0.3) is 151 Å². The first-order valence-electron chi connectivity index (χ1n) is 23.1. The van der Waals surface area contributed by atoms with Gasteiger partial charge in [-0.25, -0.2) is 15.0 Å². The fourth-order valence-electron chi connectivity index (χ4n) is 10.7. The fourth-order valence-corrected chi connectivity index (χ4v) is 13.0. The molecule has 4 nitrogen and oxygen atoms in total. The van der Waals surface area contributed by atoms with Gasteiger partial charge in [-0.1, -0.05) is 158 Å². The summed E-state index contributed by atoms with van der Waals surface area (Å²) in [6.07, 6.45) is 0. The van der Waals surface area contributed by atoms with Crippen LogP contribution in [-0.2, 0) is 0 Å². The highest BCUT2D eigenvalue weighted by molar-refractivity contribution is 7.26. The van der Waals surface area contributed by atoms with Crippen LogP contribution < -0.4 is 0 Å². The van der Waals surface area contributed by atoms with Gasteiger partial charge >= 0.3 is 0 Å². The number of thiophene rings is 2. The smallest absolute Gasteiger partial charge is 0.164 e. The second-order valence-corrected chi connectivity index (χ2v) is 20.0. The van der Waals surface area contributed by atoms with Gasteiger partial charge in [0.05, 0.1) is 0 Å². The van der Waals surface area contributed by atoms with Crippen molar-refractivity contribution in [2.24, 2.45) is 0 Å². The van der Waals surface area contributed by atoms with E-state index >= 15 is 0 Å². The van der Waals surface area contributed by atoms with Crippen molar-refractivity contribution in [3.8, 4) is 56.4 Å². The van der Waals surface area contributed by atoms with Crippen LogP contribution in [0.2, 0.25) is 0 Å². The molecule has 0 aliphatic rings. The van der Waals surface area contributed by atoms with E-state index in [-0.39, 0.29) is 0 Å². The minimum absolute atomic E-state index is 0.591. The molecule has 0 N–H and O–H groups in total. The summed E-state index contributed by atoms with van der Waals surface area (Å²) in [5.41, 5.74) is 9.09. The SMILES string of the molecule is c1ccc(-c2nc(-c3ccc4c5ccccc5c5ccccc5c4c3)nc(-c3cccc4oc5ccc(-c6cccc7sc8ccc(-c9ccc%10c(c9)sc9ccccc9%10)cc8c67)cc5c34)n2)cc1. The lowest BCUT2D eigenvalue weighted by Crippen LogP contribution is -2.00. The molecule has 6 heteroatoms. The van der Waals surface area contributed by atoms with E-state index in [0.29, 0.717) is 17.5 Å². The van der Waals surface area contributed by atoms with E-state index < -0.39 is 0 Å². The van der Waals surface area contributed by atoms with Crippen molar-refractivity contribution < 1.29 is 4.42 Å². The van der Waals surface area contributed by atoms with Crippen LogP contribution in [0.3, 0.4) is 0 Å². The van der Waals surface area contributed by atoms with Crippen molar-refractivity contribution in [3.05, 3.63) is 212 Å². The Morgan fingerprint density at radius 2 is 0.797 bits per heavy atom. The van der Waals surface area contributed by atoms with Crippen LogP contribution in [0, 0.1) is 0 Å². The molecule has 0 amide bonds. The molecule has 15 rings (SSSR count). The molecule has 0 bridgehead atoms. The maximum atomic E-state index is 6.65. The van der Waals surface area contributed by atoms with Crippen molar-refractivity contribution in [1.29, 1.82) is 0 Å². The Morgan fingerprint density at radius 3 is 1.62 bits per heavy atom. The summed E-state index contributed by atoms with van der Waals surface area (Å²) in [5.74, 6) is 1.82. The summed E-state index contributed by atoms with van der Waals surface area (Å²) < 4.78 is 11.8. The van der Waals surface area contributed by atoms with Gasteiger partial charge in [0.25, 0.3) is 0 Å². The van der Waals surface area contributed by atoms with Crippen LogP contribution in [0.5, 0.6) is 0 Å². The van der Waals surface area contributed by atoms with Crippen molar-refractivity contribution in [1.82, 2.24) is 15.0 Å². The monoisotopic (exact) mass is 913 g/mol. The Hall–Kier alpha value is -8.55. The summed E-state index contributed by atoms with van der Waals surface area (Å²) in [4.78, 5) is 15.8. The van der Waals surface area contributed by atoms with E-state index in [1.54, 1.807) is 0 Å². The summed E-state index contributed by atoms with van der Waals surface area (Å²) in [7, 11) is 0. The topological polar surface area (TPSA) is 51.8 Å². The average molecular weight is 914 g/mol. The maximum absolute atomic E-state index is 6.65. The Balaban J connectivity index is 0.897. The minimum Gasteiger partial charge on any atom is -0.456 e. The van der Waals surface area contributed by atoms with Crippen molar-refractivity contribution in [3.63, 3.8) is 0 Å². The zero-order chi connectivity index (χ0) is 45.2. The van der Waals surface area contributed by atoms with E-state index in [1.165, 1.54) is 89.4 Å². The van der Waals surface area contributed by atoms with E-state index in [9.17, 15) is 0 Å². The highest BCUT2D eigenvalue weighted by Crippen LogP contribution is 2.45. The zero-order valence-electron chi connectivity index (χ0n) is 36.8. The minimum atomic E-state index is 0.591. The third-order valence-electron chi connectivity index (χ3n) is 13.9. The average Bonchev–Trinajstić information content (AvgIpc) is 4.11. The van der Waals surface area contributed by atoms with Gasteiger partial charge in [-0.3, -0.25) is 0 Å². The van der Waals surface area contributed by atoms with Gasteiger partial charge in [0.15, 0.2) is 17.5 Å². The molecule has 0 radical (unpaired) electrons.